The SMILES string of the molecule is COCC(O)CN1CCC(NCc2cccc(C)c2)CC1. The van der Waals surface area contributed by atoms with E-state index in [1.807, 2.05) is 0 Å². The molecule has 0 saturated carbocycles. The summed E-state index contributed by atoms with van der Waals surface area (Å²) >= 11 is 0. The largest absolute Gasteiger partial charge is 0.389 e. The van der Waals surface area contributed by atoms with Crippen LogP contribution in [0.2, 0.25) is 0 Å². The van der Waals surface area contributed by atoms with Gasteiger partial charge in [-0.05, 0) is 38.4 Å². The number of methoxy groups -OCH3 is 1. The van der Waals surface area contributed by atoms with Gasteiger partial charge in [-0.15, -0.1) is 0 Å². The van der Waals surface area contributed by atoms with Crippen molar-refractivity contribution in [2.24, 2.45) is 0 Å². The van der Waals surface area contributed by atoms with E-state index in [1.165, 1.54) is 11.1 Å². The number of hydrogen-bond donors (Lipinski definition) is 2. The zero-order chi connectivity index (χ0) is 15.1. The van der Waals surface area contributed by atoms with Gasteiger partial charge in [-0.2, -0.15) is 0 Å². The van der Waals surface area contributed by atoms with Crippen molar-refractivity contribution in [3.05, 3.63) is 35.4 Å². The van der Waals surface area contributed by atoms with Gasteiger partial charge in [0, 0.05) is 26.2 Å². The molecular weight excluding hydrogens is 264 g/mol. The summed E-state index contributed by atoms with van der Waals surface area (Å²) in [6.45, 7) is 6.31. The van der Waals surface area contributed by atoms with Crippen LogP contribution in [0.15, 0.2) is 24.3 Å². The van der Waals surface area contributed by atoms with Gasteiger partial charge in [0.25, 0.3) is 0 Å². The highest BCUT2D eigenvalue weighted by Gasteiger charge is 2.20. The minimum Gasteiger partial charge on any atom is -0.389 e. The van der Waals surface area contributed by atoms with Crippen molar-refractivity contribution in [2.75, 3.05) is 33.4 Å². The molecule has 4 nitrogen and oxygen atoms in total. The zero-order valence-corrected chi connectivity index (χ0v) is 13.2. The molecule has 1 fully saturated rings. The number of nitrogens with zero attached hydrogens (tertiary/aromatic N) is 1. The molecule has 0 aliphatic carbocycles. The van der Waals surface area contributed by atoms with Crippen LogP contribution >= 0.6 is 0 Å². The number of benzene rings is 1. The van der Waals surface area contributed by atoms with E-state index in [9.17, 15) is 5.11 Å². The van der Waals surface area contributed by atoms with Crippen LogP contribution < -0.4 is 5.32 Å². The minimum absolute atomic E-state index is 0.369. The van der Waals surface area contributed by atoms with E-state index in [0.717, 1.165) is 39.0 Å². The summed E-state index contributed by atoms with van der Waals surface area (Å²) in [5.74, 6) is 0. The molecule has 1 saturated heterocycles. The number of β-amino-alcohol motifs (C(OH)–C–C–N with tert-alkyl or cyclic N) is 1. The lowest BCUT2D eigenvalue weighted by Gasteiger charge is -2.33. The average Bonchev–Trinajstić information content (AvgIpc) is 2.47. The molecule has 0 spiro atoms. The van der Waals surface area contributed by atoms with Crippen LogP contribution in [0.4, 0.5) is 0 Å². The molecule has 0 radical (unpaired) electrons. The summed E-state index contributed by atoms with van der Waals surface area (Å²) in [5.41, 5.74) is 2.67. The molecule has 1 atom stereocenters. The van der Waals surface area contributed by atoms with Crippen LogP contribution in [0.5, 0.6) is 0 Å². The third kappa shape index (κ3) is 5.75. The lowest BCUT2D eigenvalue weighted by Crippen LogP contribution is -2.45. The Morgan fingerprint density at radius 1 is 1.38 bits per heavy atom. The molecule has 2 N–H and O–H groups in total. The zero-order valence-electron chi connectivity index (χ0n) is 13.2. The van der Waals surface area contributed by atoms with Crippen molar-refractivity contribution < 1.29 is 9.84 Å². The smallest absolute Gasteiger partial charge is 0.0900 e. The van der Waals surface area contributed by atoms with Gasteiger partial charge in [-0.25, -0.2) is 0 Å². The van der Waals surface area contributed by atoms with Crippen LogP contribution in [0, 0.1) is 6.92 Å². The highest BCUT2D eigenvalue weighted by Crippen LogP contribution is 2.12. The van der Waals surface area contributed by atoms with Crippen molar-refractivity contribution in [1.29, 1.82) is 0 Å². The van der Waals surface area contributed by atoms with E-state index in [1.54, 1.807) is 7.11 Å². The Hall–Kier alpha value is -0.940. The predicted octanol–water partition coefficient (Wildman–Crippen LogP) is 1.56. The van der Waals surface area contributed by atoms with Gasteiger partial charge in [0.05, 0.1) is 12.7 Å². The van der Waals surface area contributed by atoms with Gasteiger partial charge in [-0.3, -0.25) is 0 Å². The summed E-state index contributed by atoms with van der Waals surface area (Å²) in [4.78, 5) is 2.33. The normalized spacial score (nSPS) is 18.8. The standard InChI is InChI=1S/C17H28N2O2/c1-14-4-3-5-15(10-14)11-18-16-6-8-19(9-7-16)12-17(20)13-21-2/h3-5,10,16-18,20H,6-9,11-13H2,1-2H3. The Morgan fingerprint density at radius 2 is 2.14 bits per heavy atom. The van der Waals surface area contributed by atoms with Crippen molar-refractivity contribution >= 4 is 0 Å². The minimum atomic E-state index is -0.369. The second-order valence-corrected chi connectivity index (χ2v) is 6.05. The lowest BCUT2D eigenvalue weighted by molar-refractivity contribution is 0.0310. The maximum absolute atomic E-state index is 9.76. The fourth-order valence-corrected chi connectivity index (χ4v) is 2.95. The monoisotopic (exact) mass is 292 g/mol. The molecule has 2 rings (SSSR count). The number of hydrogen-bond acceptors (Lipinski definition) is 4. The summed E-state index contributed by atoms with van der Waals surface area (Å²) in [5, 5.41) is 13.4. The summed E-state index contributed by atoms with van der Waals surface area (Å²) in [7, 11) is 1.63. The first-order chi connectivity index (χ1) is 10.2. The van der Waals surface area contributed by atoms with Gasteiger partial charge in [-0.1, -0.05) is 29.8 Å². The molecule has 1 aromatic carbocycles. The average molecular weight is 292 g/mol. The molecule has 1 aliphatic heterocycles. The molecule has 4 heteroatoms. The van der Waals surface area contributed by atoms with E-state index >= 15 is 0 Å². The molecular formula is C17H28N2O2. The fraction of sp³-hybridized carbons (Fsp3) is 0.647. The first-order valence-corrected chi connectivity index (χ1v) is 7.85. The number of ether oxygens (including phenoxy) is 1. The highest BCUT2D eigenvalue weighted by molar-refractivity contribution is 5.22. The number of rotatable bonds is 7. The Morgan fingerprint density at radius 3 is 2.81 bits per heavy atom. The molecule has 1 aromatic rings. The Labute approximate surface area is 128 Å². The number of aliphatic hydroxyl groups excluding tert-OH is 1. The molecule has 21 heavy (non-hydrogen) atoms. The van der Waals surface area contributed by atoms with Crippen molar-refractivity contribution in [3.63, 3.8) is 0 Å². The number of likely N-dealkylation sites (tertiary alicyclic amines) is 1. The van der Waals surface area contributed by atoms with Gasteiger partial charge in [0.2, 0.25) is 0 Å². The first-order valence-electron chi connectivity index (χ1n) is 7.85. The van der Waals surface area contributed by atoms with Crippen molar-refractivity contribution in [2.45, 2.75) is 38.5 Å². The molecule has 0 bridgehead atoms. The number of nitrogens with one attached hydrogen (secondary N) is 1. The summed E-state index contributed by atoms with van der Waals surface area (Å²) in [6, 6.07) is 9.25. The van der Waals surface area contributed by atoms with Crippen molar-refractivity contribution in [1.82, 2.24) is 10.2 Å². The molecule has 0 amide bonds. The maximum atomic E-state index is 9.76. The molecule has 1 unspecified atom stereocenters. The third-order valence-corrected chi connectivity index (χ3v) is 4.09. The quantitative estimate of drug-likeness (QED) is 0.800. The third-order valence-electron chi connectivity index (χ3n) is 4.09. The molecule has 1 aliphatic rings. The van der Waals surface area contributed by atoms with Crippen LogP contribution in [-0.4, -0.2) is 55.5 Å². The molecule has 1 heterocycles. The maximum Gasteiger partial charge on any atom is 0.0900 e. The van der Waals surface area contributed by atoms with Gasteiger partial charge >= 0.3 is 0 Å². The predicted molar refractivity (Wildman–Crippen MR) is 85.4 cm³/mol. The fourth-order valence-electron chi connectivity index (χ4n) is 2.95. The first kappa shape index (κ1) is 16.4. The van der Waals surface area contributed by atoms with Crippen LogP contribution in [0.25, 0.3) is 0 Å². The number of aliphatic hydroxyl groups is 1. The lowest BCUT2D eigenvalue weighted by atomic mass is 10.0. The van der Waals surface area contributed by atoms with E-state index in [2.05, 4.69) is 41.4 Å². The van der Waals surface area contributed by atoms with Gasteiger partial charge in [0.1, 0.15) is 0 Å². The van der Waals surface area contributed by atoms with E-state index in [4.69, 9.17) is 4.74 Å². The summed E-state index contributed by atoms with van der Waals surface area (Å²) < 4.78 is 4.97. The second kappa shape index (κ2) is 8.49. The number of piperidine rings is 1. The van der Waals surface area contributed by atoms with Crippen LogP contribution in [0.1, 0.15) is 24.0 Å². The van der Waals surface area contributed by atoms with Crippen LogP contribution in [-0.2, 0) is 11.3 Å². The van der Waals surface area contributed by atoms with E-state index < -0.39 is 0 Å². The van der Waals surface area contributed by atoms with Gasteiger partial charge in [0.15, 0.2) is 0 Å². The summed E-state index contributed by atoms with van der Waals surface area (Å²) in [6.07, 6.45) is 1.92. The van der Waals surface area contributed by atoms with Gasteiger partial charge < -0.3 is 20.1 Å². The number of aryl methyl sites for hydroxylation is 1. The van der Waals surface area contributed by atoms with E-state index in [0.29, 0.717) is 12.6 Å². The topological polar surface area (TPSA) is 44.7 Å². The van der Waals surface area contributed by atoms with E-state index in [-0.39, 0.29) is 6.10 Å². The van der Waals surface area contributed by atoms with Crippen molar-refractivity contribution in [3.8, 4) is 0 Å². The molecule has 0 aromatic heterocycles. The second-order valence-electron chi connectivity index (χ2n) is 6.05. The Balaban J connectivity index is 1.67. The Bertz CT molecular complexity index is 417. The van der Waals surface area contributed by atoms with Crippen LogP contribution in [0.3, 0.4) is 0 Å². The highest BCUT2D eigenvalue weighted by atomic mass is 16.5. The molecule has 118 valence electrons. The Kier molecular flexibility index (Phi) is 6.64.